The van der Waals surface area contributed by atoms with Crippen LogP contribution < -0.4 is 10.3 Å². The summed E-state index contributed by atoms with van der Waals surface area (Å²) in [6.45, 7) is 2.03. The van der Waals surface area contributed by atoms with Gasteiger partial charge in [0.15, 0.2) is 0 Å². The fourth-order valence-electron chi connectivity index (χ4n) is 2.28. The summed E-state index contributed by atoms with van der Waals surface area (Å²) in [5, 5.41) is 8.15. The lowest BCUT2D eigenvalue weighted by atomic mass is 10.0. The van der Waals surface area contributed by atoms with Gasteiger partial charge in [-0.1, -0.05) is 23.8 Å². The third kappa shape index (κ3) is 2.05. The zero-order valence-electron chi connectivity index (χ0n) is 11.3. The highest BCUT2D eigenvalue weighted by atomic mass is 16.5. The van der Waals surface area contributed by atoms with Crippen LogP contribution in [-0.4, -0.2) is 17.3 Å². The van der Waals surface area contributed by atoms with Crippen LogP contribution in [-0.2, 0) is 0 Å². The highest BCUT2D eigenvalue weighted by Gasteiger charge is 2.09. The number of ether oxygens (including phenoxy) is 1. The molecule has 20 heavy (non-hydrogen) atoms. The van der Waals surface area contributed by atoms with Crippen LogP contribution in [0, 0.1) is 6.92 Å². The standard InChI is InChI=1S/C16H14N2O2/c1-10-4-3-5-11(8-10)15-13-7-6-12(20-2)9-14(13)16(19)18-17-15/h3-9H,1-2H3,(H,18,19). The maximum Gasteiger partial charge on any atom is 0.272 e. The largest absolute Gasteiger partial charge is 0.497 e. The Balaban J connectivity index is 2.32. The van der Waals surface area contributed by atoms with E-state index in [9.17, 15) is 4.79 Å². The van der Waals surface area contributed by atoms with Crippen molar-refractivity contribution in [2.75, 3.05) is 7.11 Å². The number of aromatic nitrogens is 2. The monoisotopic (exact) mass is 266 g/mol. The number of hydrogen-bond acceptors (Lipinski definition) is 3. The molecule has 0 aliphatic carbocycles. The Hall–Kier alpha value is -2.62. The molecule has 2 aromatic carbocycles. The number of methoxy groups -OCH3 is 1. The summed E-state index contributed by atoms with van der Waals surface area (Å²) in [7, 11) is 1.58. The van der Waals surface area contributed by atoms with Gasteiger partial charge in [0.25, 0.3) is 5.56 Å². The van der Waals surface area contributed by atoms with Gasteiger partial charge < -0.3 is 4.74 Å². The molecule has 0 fully saturated rings. The number of aryl methyl sites for hydroxylation is 1. The van der Waals surface area contributed by atoms with E-state index in [4.69, 9.17) is 4.74 Å². The molecule has 0 atom stereocenters. The third-order valence-electron chi connectivity index (χ3n) is 3.29. The lowest BCUT2D eigenvalue weighted by Gasteiger charge is -2.07. The van der Waals surface area contributed by atoms with Crippen molar-refractivity contribution in [3.8, 4) is 17.0 Å². The second-order valence-corrected chi connectivity index (χ2v) is 4.68. The van der Waals surface area contributed by atoms with Gasteiger partial charge in [-0.15, -0.1) is 0 Å². The Kier molecular flexibility index (Phi) is 2.99. The van der Waals surface area contributed by atoms with Gasteiger partial charge in [0.05, 0.1) is 18.2 Å². The Labute approximate surface area is 116 Å². The number of rotatable bonds is 2. The molecule has 0 saturated carbocycles. The van der Waals surface area contributed by atoms with Crippen molar-refractivity contribution < 1.29 is 4.74 Å². The molecule has 0 spiro atoms. The van der Waals surface area contributed by atoms with E-state index in [1.165, 1.54) is 0 Å². The van der Waals surface area contributed by atoms with Gasteiger partial charge in [-0.05, 0) is 31.2 Å². The first-order valence-electron chi connectivity index (χ1n) is 6.32. The van der Waals surface area contributed by atoms with Gasteiger partial charge in [0.1, 0.15) is 5.75 Å². The molecule has 4 heteroatoms. The average molecular weight is 266 g/mol. The second kappa shape index (κ2) is 4.81. The molecule has 3 rings (SSSR count). The Morgan fingerprint density at radius 2 is 1.95 bits per heavy atom. The molecule has 0 bridgehead atoms. The van der Waals surface area contributed by atoms with Crippen LogP contribution in [0.2, 0.25) is 0 Å². The van der Waals surface area contributed by atoms with Crippen molar-refractivity contribution in [2.45, 2.75) is 6.92 Å². The van der Waals surface area contributed by atoms with Crippen LogP contribution in [0.25, 0.3) is 22.0 Å². The third-order valence-corrected chi connectivity index (χ3v) is 3.29. The molecule has 3 aromatic rings. The van der Waals surface area contributed by atoms with Crippen LogP contribution in [0.15, 0.2) is 47.3 Å². The number of fused-ring (bicyclic) bond motifs is 1. The fraction of sp³-hybridized carbons (Fsp3) is 0.125. The molecule has 0 amide bonds. The lowest BCUT2D eigenvalue weighted by molar-refractivity contribution is 0.415. The number of aromatic amines is 1. The van der Waals surface area contributed by atoms with Gasteiger partial charge >= 0.3 is 0 Å². The highest BCUT2D eigenvalue weighted by Crippen LogP contribution is 2.27. The van der Waals surface area contributed by atoms with E-state index in [1.54, 1.807) is 13.2 Å². The topological polar surface area (TPSA) is 55.0 Å². The normalized spacial score (nSPS) is 10.7. The number of benzene rings is 2. The van der Waals surface area contributed by atoms with Gasteiger partial charge in [-0.2, -0.15) is 5.10 Å². The summed E-state index contributed by atoms with van der Waals surface area (Å²) < 4.78 is 5.17. The van der Waals surface area contributed by atoms with Crippen molar-refractivity contribution >= 4 is 10.8 Å². The minimum atomic E-state index is -0.213. The molecule has 0 aliphatic rings. The number of H-pyrrole nitrogens is 1. The van der Waals surface area contributed by atoms with Crippen molar-refractivity contribution in [3.63, 3.8) is 0 Å². The maximum absolute atomic E-state index is 11.9. The van der Waals surface area contributed by atoms with E-state index >= 15 is 0 Å². The summed E-state index contributed by atoms with van der Waals surface area (Å²) >= 11 is 0. The van der Waals surface area contributed by atoms with E-state index in [-0.39, 0.29) is 5.56 Å². The number of nitrogens with zero attached hydrogens (tertiary/aromatic N) is 1. The highest BCUT2D eigenvalue weighted by molar-refractivity contribution is 5.94. The minimum absolute atomic E-state index is 0.213. The maximum atomic E-state index is 11.9. The summed E-state index contributed by atoms with van der Waals surface area (Å²) in [6.07, 6.45) is 0. The van der Waals surface area contributed by atoms with Gasteiger partial charge in [0, 0.05) is 10.9 Å². The van der Waals surface area contributed by atoms with Gasteiger partial charge in [-0.25, -0.2) is 5.10 Å². The molecule has 0 saturated heterocycles. The van der Waals surface area contributed by atoms with Gasteiger partial charge in [0.2, 0.25) is 0 Å². The predicted octanol–water partition coefficient (Wildman–Crippen LogP) is 2.91. The van der Waals surface area contributed by atoms with E-state index in [1.807, 2.05) is 43.3 Å². The number of hydrogen-bond donors (Lipinski definition) is 1. The molecule has 4 nitrogen and oxygen atoms in total. The predicted molar refractivity (Wildman–Crippen MR) is 79.1 cm³/mol. The Bertz CT molecular complexity index is 837. The van der Waals surface area contributed by atoms with Crippen LogP contribution in [0.1, 0.15) is 5.56 Å². The SMILES string of the molecule is COc1ccc2c(-c3cccc(C)c3)n[nH]c(=O)c2c1. The molecule has 100 valence electrons. The summed E-state index contributed by atoms with van der Waals surface area (Å²) in [4.78, 5) is 11.9. The Morgan fingerprint density at radius 3 is 2.70 bits per heavy atom. The first kappa shape index (κ1) is 12.4. The summed E-state index contributed by atoms with van der Waals surface area (Å²) in [6, 6.07) is 13.5. The molecular formula is C16H14N2O2. The molecule has 0 unspecified atom stereocenters. The van der Waals surface area contributed by atoms with Crippen molar-refractivity contribution in [1.29, 1.82) is 0 Å². The zero-order chi connectivity index (χ0) is 14.1. The van der Waals surface area contributed by atoms with Crippen LogP contribution >= 0.6 is 0 Å². The zero-order valence-corrected chi connectivity index (χ0v) is 11.3. The van der Waals surface area contributed by atoms with E-state index in [2.05, 4.69) is 10.2 Å². The number of nitrogens with one attached hydrogen (secondary N) is 1. The second-order valence-electron chi connectivity index (χ2n) is 4.68. The minimum Gasteiger partial charge on any atom is -0.497 e. The van der Waals surface area contributed by atoms with E-state index < -0.39 is 0 Å². The molecular weight excluding hydrogens is 252 g/mol. The first-order valence-corrected chi connectivity index (χ1v) is 6.32. The quantitative estimate of drug-likeness (QED) is 0.776. The van der Waals surface area contributed by atoms with Crippen molar-refractivity contribution in [3.05, 3.63) is 58.4 Å². The van der Waals surface area contributed by atoms with E-state index in [0.717, 1.165) is 22.2 Å². The molecule has 0 aliphatic heterocycles. The van der Waals surface area contributed by atoms with Crippen molar-refractivity contribution in [2.24, 2.45) is 0 Å². The average Bonchev–Trinajstić information content (AvgIpc) is 2.47. The van der Waals surface area contributed by atoms with Crippen molar-refractivity contribution in [1.82, 2.24) is 10.2 Å². The van der Waals surface area contributed by atoms with Crippen LogP contribution in [0.5, 0.6) is 5.75 Å². The smallest absolute Gasteiger partial charge is 0.272 e. The van der Waals surface area contributed by atoms with E-state index in [0.29, 0.717) is 11.1 Å². The van der Waals surface area contributed by atoms with Crippen LogP contribution in [0.4, 0.5) is 0 Å². The molecule has 0 radical (unpaired) electrons. The Morgan fingerprint density at radius 1 is 1.10 bits per heavy atom. The van der Waals surface area contributed by atoms with Gasteiger partial charge in [-0.3, -0.25) is 4.79 Å². The molecule has 1 N–H and O–H groups in total. The summed E-state index contributed by atoms with van der Waals surface area (Å²) in [5.41, 5.74) is 2.69. The fourth-order valence-corrected chi connectivity index (χ4v) is 2.28. The summed E-state index contributed by atoms with van der Waals surface area (Å²) in [5.74, 6) is 0.657. The lowest BCUT2D eigenvalue weighted by Crippen LogP contribution is -2.09. The van der Waals surface area contributed by atoms with Crippen LogP contribution in [0.3, 0.4) is 0 Å². The first-order chi connectivity index (χ1) is 9.69. The molecule has 1 aromatic heterocycles. The molecule has 1 heterocycles.